The van der Waals surface area contributed by atoms with Gasteiger partial charge in [0.1, 0.15) is 5.60 Å². The molecule has 2 N–H and O–H groups in total. The van der Waals surface area contributed by atoms with Gasteiger partial charge in [-0.1, -0.05) is 11.6 Å². The molecule has 96 valence electrons. The largest absolute Gasteiger partial charge is 0.443 e. The Morgan fingerprint density at radius 3 is 2.94 bits per heavy atom. The molecule has 1 aromatic rings. The highest BCUT2D eigenvalue weighted by Gasteiger charge is 2.53. The van der Waals surface area contributed by atoms with Crippen LogP contribution in [0.3, 0.4) is 0 Å². The van der Waals surface area contributed by atoms with E-state index in [1.807, 2.05) is 6.07 Å². The van der Waals surface area contributed by atoms with Crippen LogP contribution in [0.25, 0.3) is 0 Å². The van der Waals surface area contributed by atoms with Crippen LogP contribution in [0.5, 0.6) is 0 Å². The maximum absolute atomic E-state index is 11.0. The lowest BCUT2D eigenvalue weighted by Gasteiger charge is -2.30. The minimum atomic E-state index is -0.677. The number of hydrogen-bond acceptors (Lipinski definition) is 4. The van der Waals surface area contributed by atoms with E-state index in [4.69, 9.17) is 22.1 Å². The number of aryl methyl sites for hydroxylation is 1. The highest BCUT2D eigenvalue weighted by Crippen LogP contribution is 2.50. The average Bonchev–Trinajstić information content (AvgIpc) is 3.08. The van der Waals surface area contributed by atoms with Crippen molar-refractivity contribution >= 4 is 17.7 Å². The molecule has 0 saturated heterocycles. The van der Waals surface area contributed by atoms with Crippen LogP contribution in [0.2, 0.25) is 5.15 Å². The van der Waals surface area contributed by atoms with Crippen LogP contribution in [-0.4, -0.2) is 21.9 Å². The van der Waals surface area contributed by atoms with Crippen molar-refractivity contribution in [2.45, 2.75) is 37.7 Å². The van der Waals surface area contributed by atoms with Gasteiger partial charge in [-0.05, 0) is 43.7 Å². The molecule has 1 saturated carbocycles. The molecule has 1 fully saturated rings. The second-order valence-corrected chi connectivity index (χ2v) is 5.45. The normalized spacial score (nSPS) is 24.2. The van der Waals surface area contributed by atoms with Gasteiger partial charge in [0.05, 0.1) is 5.69 Å². The number of carbonyl (C=O) groups is 1. The second kappa shape index (κ2) is 4.09. The van der Waals surface area contributed by atoms with Gasteiger partial charge in [0, 0.05) is 5.92 Å². The van der Waals surface area contributed by atoms with Crippen molar-refractivity contribution in [3.63, 3.8) is 0 Å². The summed E-state index contributed by atoms with van der Waals surface area (Å²) in [6, 6.07) is 1.86. The molecular formula is C12H14ClN3O2. The fourth-order valence-electron chi connectivity index (χ4n) is 2.86. The van der Waals surface area contributed by atoms with E-state index in [2.05, 4.69) is 10.2 Å². The summed E-state index contributed by atoms with van der Waals surface area (Å²) in [5, 5.41) is 8.37. The molecule has 0 bridgehead atoms. The van der Waals surface area contributed by atoms with Gasteiger partial charge < -0.3 is 10.5 Å². The fraction of sp³-hybridized carbons (Fsp3) is 0.583. The van der Waals surface area contributed by atoms with Crippen LogP contribution >= 0.6 is 11.6 Å². The van der Waals surface area contributed by atoms with Crippen LogP contribution in [0.4, 0.5) is 4.79 Å². The molecule has 2 aliphatic carbocycles. The molecule has 2 aliphatic rings. The van der Waals surface area contributed by atoms with E-state index in [-0.39, 0.29) is 5.60 Å². The van der Waals surface area contributed by atoms with E-state index in [9.17, 15) is 4.79 Å². The van der Waals surface area contributed by atoms with E-state index in [0.717, 1.165) is 43.4 Å². The number of primary amides is 1. The number of amides is 1. The molecule has 1 aromatic heterocycles. The number of nitrogens with two attached hydrogens (primary N) is 1. The smallest absolute Gasteiger partial charge is 0.405 e. The summed E-state index contributed by atoms with van der Waals surface area (Å²) in [5.74, 6) is 0.317. The van der Waals surface area contributed by atoms with Gasteiger partial charge in [0.15, 0.2) is 5.15 Å². The Hall–Kier alpha value is -1.36. The van der Waals surface area contributed by atoms with E-state index in [1.165, 1.54) is 0 Å². The lowest BCUT2D eigenvalue weighted by atomic mass is 9.82. The number of ether oxygens (including phenoxy) is 1. The topological polar surface area (TPSA) is 78.1 Å². The fourth-order valence-corrected chi connectivity index (χ4v) is 3.03. The van der Waals surface area contributed by atoms with E-state index in [1.54, 1.807) is 0 Å². The van der Waals surface area contributed by atoms with Crippen molar-refractivity contribution in [2.75, 3.05) is 0 Å². The zero-order valence-electron chi connectivity index (χ0n) is 9.86. The first-order valence-corrected chi connectivity index (χ1v) is 6.46. The Balaban J connectivity index is 1.80. The molecule has 1 unspecified atom stereocenters. The van der Waals surface area contributed by atoms with Crippen molar-refractivity contribution < 1.29 is 9.53 Å². The maximum atomic E-state index is 11.0. The molecule has 1 amide bonds. The third-order valence-corrected chi connectivity index (χ3v) is 4.10. The number of halogens is 1. The summed E-state index contributed by atoms with van der Waals surface area (Å²) in [5.41, 5.74) is 6.93. The first-order chi connectivity index (χ1) is 8.59. The Morgan fingerprint density at radius 2 is 2.28 bits per heavy atom. The quantitative estimate of drug-likeness (QED) is 0.887. The van der Waals surface area contributed by atoms with Gasteiger partial charge in [0.2, 0.25) is 0 Å². The van der Waals surface area contributed by atoms with Crippen LogP contribution in [-0.2, 0) is 17.6 Å². The predicted octanol–water partition coefficient (Wildman–Crippen LogP) is 1.86. The SMILES string of the molecule is NC(=O)OC1(C2CCc3nnc(Cl)cc3C2)CC1. The Labute approximate surface area is 110 Å². The third kappa shape index (κ3) is 2.03. The summed E-state index contributed by atoms with van der Waals surface area (Å²) in [6.07, 6.45) is 3.77. The number of hydrogen-bond donors (Lipinski definition) is 1. The van der Waals surface area contributed by atoms with Crippen molar-refractivity contribution in [3.05, 3.63) is 22.5 Å². The number of rotatable bonds is 2. The van der Waals surface area contributed by atoms with Crippen LogP contribution in [0.15, 0.2) is 6.07 Å². The van der Waals surface area contributed by atoms with Crippen molar-refractivity contribution in [1.29, 1.82) is 0 Å². The third-order valence-electron chi connectivity index (χ3n) is 3.92. The minimum absolute atomic E-state index is 0.317. The number of fused-ring (bicyclic) bond motifs is 1. The summed E-state index contributed by atoms with van der Waals surface area (Å²) >= 11 is 5.86. The van der Waals surface area contributed by atoms with E-state index >= 15 is 0 Å². The molecule has 1 heterocycles. The lowest BCUT2D eigenvalue weighted by Crippen LogP contribution is -2.35. The number of carbonyl (C=O) groups excluding carboxylic acids is 1. The number of aromatic nitrogens is 2. The van der Waals surface area contributed by atoms with Crippen LogP contribution in [0, 0.1) is 5.92 Å². The van der Waals surface area contributed by atoms with Gasteiger partial charge in [-0.15, -0.1) is 5.10 Å². The van der Waals surface area contributed by atoms with Gasteiger partial charge in [-0.25, -0.2) is 4.79 Å². The molecule has 6 heteroatoms. The van der Waals surface area contributed by atoms with Crippen molar-refractivity contribution in [2.24, 2.45) is 11.7 Å². The molecule has 1 atom stereocenters. The summed E-state index contributed by atoms with van der Waals surface area (Å²) in [7, 11) is 0. The van der Waals surface area contributed by atoms with Crippen molar-refractivity contribution in [1.82, 2.24) is 10.2 Å². The highest BCUT2D eigenvalue weighted by atomic mass is 35.5. The molecule has 0 radical (unpaired) electrons. The van der Waals surface area contributed by atoms with Gasteiger partial charge in [-0.3, -0.25) is 0 Å². The second-order valence-electron chi connectivity index (χ2n) is 5.06. The average molecular weight is 268 g/mol. The summed E-state index contributed by atoms with van der Waals surface area (Å²) in [6.45, 7) is 0. The molecule has 0 spiro atoms. The van der Waals surface area contributed by atoms with Crippen LogP contribution < -0.4 is 5.73 Å². The highest BCUT2D eigenvalue weighted by molar-refractivity contribution is 6.29. The molecule has 0 aromatic carbocycles. The Morgan fingerprint density at radius 1 is 1.50 bits per heavy atom. The molecule has 0 aliphatic heterocycles. The molecule has 3 rings (SSSR count). The van der Waals surface area contributed by atoms with E-state index < -0.39 is 6.09 Å². The zero-order chi connectivity index (χ0) is 12.8. The zero-order valence-corrected chi connectivity index (χ0v) is 10.6. The standard InChI is InChI=1S/C12H14ClN3O2/c13-10-6-7-5-8(1-2-9(7)15-16-10)12(3-4-12)18-11(14)17/h6,8H,1-5H2,(H2,14,17). The maximum Gasteiger partial charge on any atom is 0.405 e. The monoisotopic (exact) mass is 267 g/mol. The molecule has 5 nitrogen and oxygen atoms in total. The van der Waals surface area contributed by atoms with Gasteiger partial charge >= 0.3 is 6.09 Å². The van der Waals surface area contributed by atoms with Gasteiger partial charge in [0.25, 0.3) is 0 Å². The first-order valence-electron chi connectivity index (χ1n) is 6.08. The Kier molecular flexibility index (Phi) is 2.66. The van der Waals surface area contributed by atoms with Crippen molar-refractivity contribution in [3.8, 4) is 0 Å². The predicted molar refractivity (Wildman–Crippen MR) is 65.2 cm³/mol. The molecular weight excluding hydrogens is 254 g/mol. The Bertz CT molecular complexity index is 502. The van der Waals surface area contributed by atoms with Crippen LogP contribution in [0.1, 0.15) is 30.5 Å². The molecule has 18 heavy (non-hydrogen) atoms. The first kappa shape index (κ1) is 11.7. The number of nitrogens with zero attached hydrogens (tertiary/aromatic N) is 2. The van der Waals surface area contributed by atoms with Gasteiger partial charge in [-0.2, -0.15) is 5.10 Å². The van der Waals surface area contributed by atoms with E-state index in [0.29, 0.717) is 11.1 Å². The lowest BCUT2D eigenvalue weighted by molar-refractivity contribution is 0.0434. The minimum Gasteiger partial charge on any atom is -0.443 e. The summed E-state index contributed by atoms with van der Waals surface area (Å²) in [4.78, 5) is 11.0. The summed E-state index contributed by atoms with van der Waals surface area (Å²) < 4.78 is 5.30.